The number of amides is 2. The van der Waals surface area contributed by atoms with E-state index in [9.17, 15) is 9.59 Å². The molecule has 1 aromatic carbocycles. The highest BCUT2D eigenvalue weighted by Crippen LogP contribution is 2.22. The van der Waals surface area contributed by atoms with E-state index in [0.717, 1.165) is 10.5 Å². The maximum atomic E-state index is 11.4. The second-order valence-corrected chi connectivity index (χ2v) is 3.84. The Kier molecular flexibility index (Phi) is 2.60. The predicted molar refractivity (Wildman–Crippen MR) is 61.8 cm³/mol. The molecule has 0 N–H and O–H groups in total. The Morgan fingerprint density at radius 2 is 1.56 bits per heavy atom. The minimum atomic E-state index is -0.291. The molecule has 0 aromatic heterocycles. The van der Waals surface area contributed by atoms with E-state index in [4.69, 9.17) is 0 Å². The molecule has 16 heavy (non-hydrogen) atoms. The molecule has 1 aliphatic heterocycles. The molecule has 1 radical (unpaired) electrons. The van der Waals surface area contributed by atoms with Crippen molar-refractivity contribution in [2.45, 2.75) is 12.8 Å². The van der Waals surface area contributed by atoms with E-state index >= 15 is 0 Å². The molecule has 3 nitrogen and oxygen atoms in total. The summed E-state index contributed by atoms with van der Waals surface area (Å²) in [5, 5.41) is 0. The average Bonchev–Trinajstić information content (AvgIpc) is 2.59. The largest absolute Gasteiger partial charge is 0.269 e. The number of rotatable bonds is 2. The topological polar surface area (TPSA) is 37.4 Å². The van der Waals surface area contributed by atoms with E-state index in [1.807, 2.05) is 19.1 Å². The number of hydrogen-bond donors (Lipinski definition) is 0. The molecule has 0 saturated carbocycles. The van der Waals surface area contributed by atoms with Gasteiger partial charge in [-0.3, -0.25) is 9.59 Å². The van der Waals surface area contributed by atoms with Crippen LogP contribution in [0.15, 0.2) is 36.4 Å². The Morgan fingerprint density at radius 1 is 1.06 bits per heavy atom. The van der Waals surface area contributed by atoms with Crippen LogP contribution in [0.1, 0.15) is 18.4 Å². The Morgan fingerprint density at radius 3 is 2.00 bits per heavy atom. The lowest BCUT2D eigenvalue weighted by Gasteiger charge is -2.14. The first-order valence-corrected chi connectivity index (χ1v) is 5.09. The van der Waals surface area contributed by atoms with Crippen LogP contribution in [-0.2, 0) is 9.59 Å². The highest BCUT2D eigenvalue weighted by Gasteiger charge is 2.24. The van der Waals surface area contributed by atoms with Crippen LogP contribution in [0.4, 0.5) is 5.69 Å². The van der Waals surface area contributed by atoms with Crippen LogP contribution in [0.5, 0.6) is 0 Å². The van der Waals surface area contributed by atoms with E-state index in [1.165, 1.54) is 12.2 Å². The third kappa shape index (κ3) is 1.76. The number of nitrogens with zero attached hydrogens (tertiary/aromatic N) is 1. The number of imide groups is 1. The van der Waals surface area contributed by atoms with Crippen molar-refractivity contribution in [2.24, 2.45) is 0 Å². The van der Waals surface area contributed by atoms with Crippen molar-refractivity contribution in [2.75, 3.05) is 4.90 Å². The van der Waals surface area contributed by atoms with Gasteiger partial charge in [0.05, 0.1) is 5.69 Å². The van der Waals surface area contributed by atoms with E-state index in [-0.39, 0.29) is 17.7 Å². The monoisotopic (exact) mass is 214 g/mol. The first-order valence-electron chi connectivity index (χ1n) is 5.09. The normalized spacial score (nSPS) is 15.3. The highest BCUT2D eigenvalue weighted by molar-refractivity contribution is 6.28. The smallest absolute Gasteiger partial charge is 0.258 e. The Balaban J connectivity index is 2.29. The lowest BCUT2D eigenvalue weighted by atomic mass is 10.0. The van der Waals surface area contributed by atoms with Gasteiger partial charge in [-0.05, 0) is 30.5 Å². The van der Waals surface area contributed by atoms with Crippen molar-refractivity contribution >= 4 is 17.5 Å². The third-order valence-corrected chi connectivity index (χ3v) is 2.53. The van der Waals surface area contributed by atoms with Gasteiger partial charge in [0.1, 0.15) is 0 Å². The third-order valence-electron chi connectivity index (χ3n) is 2.53. The van der Waals surface area contributed by atoms with Crippen LogP contribution < -0.4 is 4.90 Å². The number of anilines is 1. The molecule has 81 valence electrons. The van der Waals surface area contributed by atoms with Gasteiger partial charge in [0.2, 0.25) is 0 Å². The molecule has 0 bridgehead atoms. The first kappa shape index (κ1) is 10.6. The molecule has 1 aromatic rings. The number of benzene rings is 1. The summed E-state index contributed by atoms with van der Waals surface area (Å²) in [7, 11) is 0. The zero-order valence-corrected chi connectivity index (χ0v) is 9.01. The molecule has 0 saturated heterocycles. The Bertz CT molecular complexity index is 439. The average molecular weight is 214 g/mol. The van der Waals surface area contributed by atoms with E-state index in [2.05, 4.69) is 6.92 Å². The summed E-state index contributed by atoms with van der Waals surface area (Å²) in [6.07, 6.45) is 2.56. The number of hydrogen-bond acceptors (Lipinski definition) is 2. The van der Waals surface area contributed by atoms with E-state index < -0.39 is 0 Å². The fraction of sp³-hybridized carbons (Fsp3) is 0.154. The highest BCUT2D eigenvalue weighted by atomic mass is 16.2. The molecule has 0 spiro atoms. The summed E-state index contributed by atoms with van der Waals surface area (Å²) >= 11 is 0. The second-order valence-electron chi connectivity index (χ2n) is 3.84. The summed E-state index contributed by atoms with van der Waals surface area (Å²) in [5.41, 5.74) is 1.68. The van der Waals surface area contributed by atoms with Gasteiger partial charge in [0.15, 0.2) is 0 Å². The predicted octanol–water partition coefficient (Wildman–Crippen LogP) is 2.05. The summed E-state index contributed by atoms with van der Waals surface area (Å²) in [6.45, 7) is 5.89. The van der Waals surface area contributed by atoms with E-state index in [1.54, 1.807) is 12.1 Å². The molecule has 1 heterocycles. The van der Waals surface area contributed by atoms with Gasteiger partial charge < -0.3 is 0 Å². The van der Waals surface area contributed by atoms with Gasteiger partial charge in [-0.25, -0.2) is 4.90 Å². The first-order chi connectivity index (χ1) is 7.59. The molecular weight excluding hydrogens is 202 g/mol. The fourth-order valence-electron chi connectivity index (χ4n) is 1.61. The summed E-state index contributed by atoms with van der Waals surface area (Å²) in [4.78, 5) is 24.0. The molecule has 1 unspecified atom stereocenters. The molecule has 0 fully saturated rings. The minimum Gasteiger partial charge on any atom is -0.269 e. The fourth-order valence-corrected chi connectivity index (χ4v) is 1.61. The summed E-state index contributed by atoms with van der Waals surface area (Å²) in [6, 6.07) is 7.29. The van der Waals surface area contributed by atoms with Crippen molar-refractivity contribution in [1.29, 1.82) is 0 Å². The van der Waals surface area contributed by atoms with Crippen molar-refractivity contribution in [3.05, 3.63) is 48.9 Å². The van der Waals surface area contributed by atoms with E-state index in [0.29, 0.717) is 5.69 Å². The van der Waals surface area contributed by atoms with Crippen molar-refractivity contribution in [3.63, 3.8) is 0 Å². The van der Waals surface area contributed by atoms with Gasteiger partial charge >= 0.3 is 0 Å². The van der Waals surface area contributed by atoms with Crippen LogP contribution in [-0.4, -0.2) is 11.8 Å². The van der Waals surface area contributed by atoms with Crippen LogP contribution in [0, 0.1) is 6.92 Å². The zero-order chi connectivity index (χ0) is 11.7. The van der Waals surface area contributed by atoms with Gasteiger partial charge in [0.25, 0.3) is 11.8 Å². The maximum Gasteiger partial charge on any atom is 0.258 e. The van der Waals surface area contributed by atoms with Crippen LogP contribution in [0.2, 0.25) is 0 Å². The molecule has 1 atom stereocenters. The molecule has 0 aliphatic carbocycles. The minimum absolute atomic E-state index is 0.192. The second kappa shape index (κ2) is 3.93. The lowest BCUT2D eigenvalue weighted by molar-refractivity contribution is -0.119. The zero-order valence-electron chi connectivity index (χ0n) is 9.01. The van der Waals surface area contributed by atoms with Crippen LogP contribution in [0.25, 0.3) is 0 Å². The van der Waals surface area contributed by atoms with Crippen LogP contribution in [0.3, 0.4) is 0 Å². The standard InChI is InChI=1S/C13H12NO2/c1-9(2)10-3-5-11(6-4-10)14-12(15)7-8-13(14)16/h3-9H,1H2,2H3. The molecule has 1 aliphatic rings. The van der Waals surface area contributed by atoms with Crippen molar-refractivity contribution < 1.29 is 9.59 Å². The van der Waals surface area contributed by atoms with Gasteiger partial charge in [-0.1, -0.05) is 19.1 Å². The molecule has 2 rings (SSSR count). The lowest BCUT2D eigenvalue weighted by Crippen LogP contribution is -2.29. The molecular formula is C13H12NO2. The van der Waals surface area contributed by atoms with Gasteiger partial charge in [0, 0.05) is 12.2 Å². The number of carbonyl (C=O) groups excluding carboxylic acids is 2. The Hall–Kier alpha value is -1.90. The van der Waals surface area contributed by atoms with Gasteiger partial charge in [-0.15, -0.1) is 0 Å². The molecule has 3 heteroatoms. The van der Waals surface area contributed by atoms with Gasteiger partial charge in [-0.2, -0.15) is 0 Å². The number of carbonyl (C=O) groups is 2. The SMILES string of the molecule is [CH2]C(C)c1ccc(N2C(=O)C=CC2=O)cc1. The quantitative estimate of drug-likeness (QED) is 0.706. The summed E-state index contributed by atoms with van der Waals surface area (Å²) in [5.74, 6) is -0.391. The summed E-state index contributed by atoms with van der Waals surface area (Å²) < 4.78 is 0. The molecule has 2 amide bonds. The maximum absolute atomic E-state index is 11.4. The Labute approximate surface area is 94.4 Å². The van der Waals surface area contributed by atoms with Crippen molar-refractivity contribution in [1.82, 2.24) is 0 Å². The van der Waals surface area contributed by atoms with Crippen LogP contribution >= 0.6 is 0 Å². The van der Waals surface area contributed by atoms with Crippen molar-refractivity contribution in [3.8, 4) is 0 Å².